The molecule has 15 heavy (non-hydrogen) atoms. The number of carbonyl (C=O) groups excluding carboxylic acids is 1. The van der Waals surface area contributed by atoms with Crippen LogP contribution in [0.5, 0.6) is 0 Å². The Kier molecular flexibility index (Phi) is 5.60. The van der Waals surface area contributed by atoms with Crippen LogP contribution >= 0.6 is 0 Å². The molecule has 5 heteroatoms. The Morgan fingerprint density at radius 2 is 2.00 bits per heavy atom. The van der Waals surface area contributed by atoms with Crippen LogP contribution in [0.3, 0.4) is 0 Å². The molecule has 5 nitrogen and oxygen atoms in total. The zero-order valence-electron chi connectivity index (χ0n) is 9.41. The molecule has 0 unspecified atom stereocenters. The Labute approximate surface area is 91.0 Å². The van der Waals surface area contributed by atoms with Gasteiger partial charge in [-0.2, -0.15) is 0 Å². The Morgan fingerprint density at radius 3 is 2.60 bits per heavy atom. The summed E-state index contributed by atoms with van der Waals surface area (Å²) in [4.78, 5) is 15.8. The van der Waals surface area contributed by atoms with Crippen molar-refractivity contribution in [1.82, 2.24) is 15.1 Å². The molecule has 0 spiro atoms. The highest BCUT2D eigenvalue weighted by atomic mass is 16.3. The number of rotatable bonds is 5. The van der Waals surface area contributed by atoms with E-state index >= 15 is 0 Å². The number of hydrogen-bond donors (Lipinski definition) is 2. The van der Waals surface area contributed by atoms with Gasteiger partial charge in [-0.1, -0.05) is 0 Å². The summed E-state index contributed by atoms with van der Waals surface area (Å²) in [6.07, 6.45) is 0.633. The predicted molar refractivity (Wildman–Crippen MR) is 58.6 cm³/mol. The van der Waals surface area contributed by atoms with E-state index in [4.69, 9.17) is 5.11 Å². The second-order valence-corrected chi connectivity index (χ2v) is 4.01. The van der Waals surface area contributed by atoms with Gasteiger partial charge in [-0.15, -0.1) is 0 Å². The lowest BCUT2D eigenvalue weighted by Gasteiger charge is -2.31. The number of nitrogens with one attached hydrogen (secondary N) is 1. The molecule has 1 heterocycles. The maximum absolute atomic E-state index is 11.4. The summed E-state index contributed by atoms with van der Waals surface area (Å²) in [5, 5.41) is 11.4. The quantitative estimate of drug-likeness (QED) is 0.562. The van der Waals surface area contributed by atoms with Crippen molar-refractivity contribution in [3.05, 3.63) is 0 Å². The smallest absolute Gasteiger partial charge is 0.234 e. The van der Waals surface area contributed by atoms with Crippen LogP contribution in [0, 0.1) is 0 Å². The maximum Gasteiger partial charge on any atom is 0.234 e. The van der Waals surface area contributed by atoms with E-state index in [0.717, 1.165) is 26.2 Å². The molecule has 2 N–H and O–H groups in total. The van der Waals surface area contributed by atoms with Gasteiger partial charge in [0.15, 0.2) is 0 Å². The molecule has 0 aromatic heterocycles. The minimum atomic E-state index is 0.0630. The van der Waals surface area contributed by atoms with Crippen LogP contribution in [0.4, 0.5) is 0 Å². The van der Waals surface area contributed by atoms with E-state index in [2.05, 4.69) is 22.2 Å². The van der Waals surface area contributed by atoms with E-state index in [9.17, 15) is 4.79 Å². The molecule has 0 aromatic carbocycles. The first-order valence-electron chi connectivity index (χ1n) is 5.51. The van der Waals surface area contributed by atoms with Crippen molar-refractivity contribution in [2.45, 2.75) is 6.42 Å². The Morgan fingerprint density at radius 1 is 1.33 bits per heavy atom. The molecule has 1 rings (SSSR count). The van der Waals surface area contributed by atoms with Crippen LogP contribution in [-0.2, 0) is 4.79 Å². The van der Waals surface area contributed by atoms with E-state index in [1.807, 2.05) is 0 Å². The van der Waals surface area contributed by atoms with Gasteiger partial charge < -0.3 is 15.3 Å². The van der Waals surface area contributed by atoms with Gasteiger partial charge >= 0.3 is 0 Å². The number of carbonyl (C=O) groups is 1. The zero-order valence-corrected chi connectivity index (χ0v) is 9.41. The SMILES string of the molecule is CN1CCN(CC(=O)NCCCO)CC1. The molecular formula is C10H21N3O2. The largest absolute Gasteiger partial charge is 0.396 e. The first-order chi connectivity index (χ1) is 7.22. The first kappa shape index (κ1) is 12.4. The minimum absolute atomic E-state index is 0.0630. The van der Waals surface area contributed by atoms with Crippen molar-refractivity contribution >= 4 is 5.91 Å². The van der Waals surface area contributed by atoms with Gasteiger partial charge in [0.2, 0.25) is 5.91 Å². The van der Waals surface area contributed by atoms with Crippen LogP contribution in [0.2, 0.25) is 0 Å². The fourth-order valence-electron chi connectivity index (χ4n) is 1.57. The van der Waals surface area contributed by atoms with Crippen LogP contribution < -0.4 is 5.32 Å². The number of piperazine rings is 1. The van der Waals surface area contributed by atoms with Crippen LogP contribution in [-0.4, -0.2) is 73.7 Å². The van der Waals surface area contributed by atoms with Crippen molar-refractivity contribution in [2.75, 3.05) is 52.9 Å². The number of aliphatic hydroxyl groups is 1. The van der Waals surface area contributed by atoms with Gasteiger partial charge in [-0.25, -0.2) is 0 Å². The van der Waals surface area contributed by atoms with Gasteiger partial charge in [-0.3, -0.25) is 9.69 Å². The summed E-state index contributed by atoms with van der Waals surface area (Å²) in [6.45, 7) is 5.18. The normalized spacial score (nSPS) is 19.1. The highest BCUT2D eigenvalue weighted by molar-refractivity contribution is 5.77. The fourth-order valence-corrected chi connectivity index (χ4v) is 1.57. The van der Waals surface area contributed by atoms with Crippen molar-refractivity contribution in [2.24, 2.45) is 0 Å². The number of likely N-dealkylation sites (N-methyl/N-ethyl adjacent to an activating group) is 1. The van der Waals surface area contributed by atoms with Gasteiger partial charge in [0.1, 0.15) is 0 Å². The van der Waals surface area contributed by atoms with E-state index in [0.29, 0.717) is 19.5 Å². The number of hydrogen-bond acceptors (Lipinski definition) is 4. The molecule has 0 aliphatic carbocycles. The second kappa shape index (κ2) is 6.76. The van der Waals surface area contributed by atoms with Crippen molar-refractivity contribution in [3.8, 4) is 0 Å². The third-order valence-electron chi connectivity index (χ3n) is 2.62. The van der Waals surface area contributed by atoms with Gasteiger partial charge in [-0.05, 0) is 13.5 Å². The monoisotopic (exact) mass is 215 g/mol. The average molecular weight is 215 g/mol. The lowest BCUT2D eigenvalue weighted by molar-refractivity contribution is -0.122. The molecule has 0 atom stereocenters. The summed E-state index contributed by atoms with van der Waals surface area (Å²) >= 11 is 0. The summed E-state index contributed by atoms with van der Waals surface area (Å²) in [7, 11) is 2.10. The molecule has 0 saturated carbocycles. The Bertz CT molecular complexity index is 191. The second-order valence-electron chi connectivity index (χ2n) is 4.01. The molecule has 88 valence electrons. The molecule has 0 bridgehead atoms. The van der Waals surface area contributed by atoms with Gasteiger partial charge in [0, 0.05) is 39.3 Å². The van der Waals surface area contributed by atoms with E-state index in [1.165, 1.54) is 0 Å². The zero-order chi connectivity index (χ0) is 11.1. The van der Waals surface area contributed by atoms with Crippen molar-refractivity contribution < 1.29 is 9.90 Å². The van der Waals surface area contributed by atoms with E-state index < -0.39 is 0 Å². The van der Waals surface area contributed by atoms with Gasteiger partial charge in [0.25, 0.3) is 0 Å². The molecule has 0 aromatic rings. The summed E-state index contributed by atoms with van der Waals surface area (Å²) in [5.41, 5.74) is 0. The summed E-state index contributed by atoms with van der Waals surface area (Å²) < 4.78 is 0. The molecule has 1 aliphatic rings. The highest BCUT2D eigenvalue weighted by Gasteiger charge is 2.15. The standard InChI is InChI=1S/C10H21N3O2/c1-12-4-6-13(7-5-12)9-10(15)11-3-2-8-14/h14H,2-9H2,1H3,(H,11,15). The lowest BCUT2D eigenvalue weighted by Crippen LogP contribution is -2.48. The predicted octanol–water partition coefficient (Wildman–Crippen LogP) is -1.27. The summed E-state index contributed by atoms with van der Waals surface area (Å²) in [5.74, 6) is 0.0630. The molecule has 1 fully saturated rings. The molecule has 1 aliphatic heterocycles. The van der Waals surface area contributed by atoms with Crippen molar-refractivity contribution in [3.63, 3.8) is 0 Å². The average Bonchev–Trinajstić information content (AvgIpc) is 2.22. The number of aliphatic hydroxyl groups excluding tert-OH is 1. The third-order valence-corrected chi connectivity index (χ3v) is 2.62. The first-order valence-corrected chi connectivity index (χ1v) is 5.51. The van der Waals surface area contributed by atoms with Gasteiger partial charge in [0.05, 0.1) is 6.54 Å². The van der Waals surface area contributed by atoms with E-state index in [1.54, 1.807) is 0 Å². The lowest BCUT2D eigenvalue weighted by atomic mass is 10.3. The molecular weight excluding hydrogens is 194 g/mol. The summed E-state index contributed by atoms with van der Waals surface area (Å²) in [6, 6.07) is 0. The fraction of sp³-hybridized carbons (Fsp3) is 0.900. The van der Waals surface area contributed by atoms with Crippen LogP contribution in [0.15, 0.2) is 0 Å². The van der Waals surface area contributed by atoms with Crippen molar-refractivity contribution in [1.29, 1.82) is 0 Å². The highest BCUT2D eigenvalue weighted by Crippen LogP contribution is 1.97. The van der Waals surface area contributed by atoms with Crippen LogP contribution in [0.25, 0.3) is 0 Å². The molecule has 1 saturated heterocycles. The topological polar surface area (TPSA) is 55.8 Å². The van der Waals surface area contributed by atoms with E-state index in [-0.39, 0.29) is 12.5 Å². The molecule has 0 radical (unpaired) electrons. The Hall–Kier alpha value is -0.650. The number of nitrogens with zero attached hydrogens (tertiary/aromatic N) is 2. The number of amides is 1. The Balaban J connectivity index is 2.09. The minimum Gasteiger partial charge on any atom is -0.396 e. The molecule has 1 amide bonds. The van der Waals surface area contributed by atoms with Crippen LogP contribution in [0.1, 0.15) is 6.42 Å². The third kappa shape index (κ3) is 5.11. The maximum atomic E-state index is 11.4.